The molecule has 0 spiro atoms. The van der Waals surface area contributed by atoms with Crippen molar-refractivity contribution in [3.8, 4) is 0 Å². The van der Waals surface area contributed by atoms with E-state index in [4.69, 9.17) is 16.0 Å². The summed E-state index contributed by atoms with van der Waals surface area (Å²) in [5, 5.41) is -0.794. The lowest BCUT2D eigenvalue weighted by atomic mass is 9.69. The molecule has 108 valence electrons. The Morgan fingerprint density at radius 1 is 1.45 bits per heavy atom. The summed E-state index contributed by atoms with van der Waals surface area (Å²) in [7, 11) is 0. The fourth-order valence-electron chi connectivity index (χ4n) is 2.51. The number of furan rings is 1. The second kappa shape index (κ2) is 5.52. The summed E-state index contributed by atoms with van der Waals surface area (Å²) in [6.45, 7) is 3.54. The summed E-state index contributed by atoms with van der Waals surface area (Å²) in [5.74, 6) is -1.67. The molecule has 0 N–H and O–H groups in total. The molecular weight excluding hydrogens is 280 g/mol. The molecule has 5 heteroatoms. The van der Waals surface area contributed by atoms with Crippen LogP contribution >= 0.6 is 11.6 Å². The molecular formula is C15H17ClO4. The van der Waals surface area contributed by atoms with E-state index in [9.17, 15) is 14.4 Å². The third-order valence-corrected chi connectivity index (χ3v) is 4.50. The van der Waals surface area contributed by atoms with Gasteiger partial charge in [-0.1, -0.05) is 13.8 Å². The van der Waals surface area contributed by atoms with Gasteiger partial charge in [0.15, 0.2) is 17.3 Å². The maximum atomic E-state index is 12.2. The number of hydrogen-bond acceptors (Lipinski definition) is 4. The predicted octanol–water partition coefficient (Wildman–Crippen LogP) is 2.57. The van der Waals surface area contributed by atoms with Crippen molar-refractivity contribution in [1.82, 2.24) is 0 Å². The normalized spacial score (nSPS) is 25.8. The van der Waals surface area contributed by atoms with E-state index in [0.29, 0.717) is 12.2 Å². The molecule has 0 unspecified atom stereocenters. The van der Waals surface area contributed by atoms with Crippen LogP contribution in [0, 0.1) is 11.3 Å². The van der Waals surface area contributed by atoms with Crippen molar-refractivity contribution in [3.63, 3.8) is 0 Å². The lowest BCUT2D eigenvalue weighted by Gasteiger charge is -2.35. The van der Waals surface area contributed by atoms with Crippen LogP contribution in [0.4, 0.5) is 0 Å². The van der Waals surface area contributed by atoms with Crippen molar-refractivity contribution in [2.75, 3.05) is 0 Å². The maximum Gasteiger partial charge on any atom is 0.169 e. The van der Waals surface area contributed by atoms with Crippen LogP contribution in [0.2, 0.25) is 0 Å². The molecule has 0 aliphatic heterocycles. The SMILES string of the molecule is CC1(C)CC(=O)[C@H](C(=O)CCc2ccco2)C(=O)[C@H]1Cl. The minimum absolute atomic E-state index is 0.111. The standard InChI is InChI=1S/C15H17ClO4/c1-15(2)8-11(18)12(13(19)14(15)16)10(17)6-5-9-4-3-7-20-9/h3-4,7,12,14H,5-6,8H2,1-2H3/t12-,14+/m0/s1. The van der Waals surface area contributed by atoms with Crippen molar-refractivity contribution in [2.24, 2.45) is 11.3 Å². The lowest BCUT2D eigenvalue weighted by Crippen LogP contribution is -2.49. The van der Waals surface area contributed by atoms with Gasteiger partial charge in [0, 0.05) is 19.3 Å². The zero-order valence-electron chi connectivity index (χ0n) is 11.5. The van der Waals surface area contributed by atoms with Gasteiger partial charge in [-0.3, -0.25) is 14.4 Å². The van der Waals surface area contributed by atoms with E-state index in [0.717, 1.165) is 0 Å². The fraction of sp³-hybridized carbons (Fsp3) is 0.533. The molecule has 1 aliphatic carbocycles. The van der Waals surface area contributed by atoms with Crippen LogP contribution in [0.3, 0.4) is 0 Å². The number of ketones is 3. The van der Waals surface area contributed by atoms with Gasteiger partial charge in [0.2, 0.25) is 0 Å². The molecule has 20 heavy (non-hydrogen) atoms. The van der Waals surface area contributed by atoms with Crippen LogP contribution in [0.25, 0.3) is 0 Å². The Hall–Kier alpha value is -1.42. The summed E-state index contributed by atoms with van der Waals surface area (Å²) in [6, 6.07) is 3.49. The Kier molecular flexibility index (Phi) is 4.14. The molecule has 1 saturated carbocycles. The minimum atomic E-state index is -1.19. The Labute approximate surface area is 122 Å². The quantitative estimate of drug-likeness (QED) is 0.633. The molecule has 0 radical (unpaired) electrons. The van der Waals surface area contributed by atoms with Gasteiger partial charge in [-0.2, -0.15) is 0 Å². The highest BCUT2D eigenvalue weighted by Crippen LogP contribution is 2.38. The largest absolute Gasteiger partial charge is 0.469 e. The number of alkyl halides is 1. The van der Waals surface area contributed by atoms with E-state index in [1.807, 2.05) is 0 Å². The monoisotopic (exact) mass is 296 g/mol. The van der Waals surface area contributed by atoms with E-state index < -0.39 is 22.5 Å². The highest BCUT2D eigenvalue weighted by molar-refractivity contribution is 6.38. The van der Waals surface area contributed by atoms with Crippen molar-refractivity contribution >= 4 is 29.0 Å². The molecule has 0 saturated heterocycles. The third kappa shape index (κ3) is 2.85. The molecule has 1 fully saturated rings. The Balaban J connectivity index is 2.05. The first-order valence-corrected chi connectivity index (χ1v) is 7.02. The molecule has 4 nitrogen and oxygen atoms in total. The van der Waals surface area contributed by atoms with Crippen molar-refractivity contribution in [3.05, 3.63) is 24.2 Å². The summed E-state index contributed by atoms with van der Waals surface area (Å²) in [4.78, 5) is 36.3. The third-order valence-electron chi connectivity index (χ3n) is 3.69. The zero-order valence-corrected chi connectivity index (χ0v) is 12.3. The number of carbonyl (C=O) groups excluding carboxylic acids is 3. The molecule has 2 atom stereocenters. The number of hydrogen-bond donors (Lipinski definition) is 0. The van der Waals surface area contributed by atoms with E-state index >= 15 is 0 Å². The highest BCUT2D eigenvalue weighted by Gasteiger charge is 2.49. The average molecular weight is 297 g/mol. The molecule has 0 amide bonds. The maximum absolute atomic E-state index is 12.2. The number of carbonyl (C=O) groups is 3. The van der Waals surface area contributed by atoms with E-state index in [-0.39, 0.29) is 24.4 Å². The average Bonchev–Trinajstić information content (AvgIpc) is 2.86. The first-order chi connectivity index (χ1) is 9.33. The molecule has 1 aromatic heterocycles. The molecule has 2 rings (SSSR count). The Morgan fingerprint density at radius 3 is 2.75 bits per heavy atom. The van der Waals surface area contributed by atoms with Gasteiger partial charge in [0.1, 0.15) is 11.7 Å². The van der Waals surface area contributed by atoms with E-state index in [2.05, 4.69) is 0 Å². The molecule has 1 aliphatic rings. The van der Waals surface area contributed by atoms with Gasteiger partial charge < -0.3 is 4.42 Å². The van der Waals surface area contributed by atoms with Gasteiger partial charge in [-0.15, -0.1) is 11.6 Å². The van der Waals surface area contributed by atoms with Crippen LogP contribution in [-0.4, -0.2) is 22.7 Å². The summed E-state index contributed by atoms with van der Waals surface area (Å²) in [5.41, 5.74) is -0.590. The van der Waals surface area contributed by atoms with Crippen molar-refractivity contribution < 1.29 is 18.8 Å². The number of rotatable bonds is 4. The molecule has 0 bridgehead atoms. The van der Waals surface area contributed by atoms with E-state index in [1.165, 1.54) is 6.26 Å². The minimum Gasteiger partial charge on any atom is -0.469 e. The van der Waals surface area contributed by atoms with Gasteiger partial charge in [0.05, 0.1) is 11.6 Å². The van der Waals surface area contributed by atoms with Crippen LogP contribution in [0.5, 0.6) is 0 Å². The van der Waals surface area contributed by atoms with Crippen LogP contribution < -0.4 is 0 Å². The fourth-order valence-corrected chi connectivity index (χ4v) is 2.72. The summed E-state index contributed by atoms with van der Waals surface area (Å²) < 4.78 is 5.13. The van der Waals surface area contributed by atoms with Gasteiger partial charge >= 0.3 is 0 Å². The lowest BCUT2D eigenvalue weighted by molar-refractivity contribution is -0.144. The zero-order chi connectivity index (χ0) is 14.9. The Morgan fingerprint density at radius 2 is 2.15 bits per heavy atom. The molecule has 1 heterocycles. The predicted molar refractivity (Wildman–Crippen MR) is 73.6 cm³/mol. The second-order valence-electron chi connectivity index (χ2n) is 5.88. The first-order valence-electron chi connectivity index (χ1n) is 6.58. The van der Waals surface area contributed by atoms with Gasteiger partial charge in [0.25, 0.3) is 0 Å². The second-order valence-corrected chi connectivity index (χ2v) is 6.31. The van der Waals surface area contributed by atoms with Crippen LogP contribution in [-0.2, 0) is 20.8 Å². The number of aryl methyl sites for hydroxylation is 1. The summed E-state index contributed by atoms with van der Waals surface area (Å²) in [6.07, 6.45) is 2.18. The van der Waals surface area contributed by atoms with E-state index in [1.54, 1.807) is 26.0 Å². The highest BCUT2D eigenvalue weighted by atomic mass is 35.5. The van der Waals surface area contributed by atoms with Crippen LogP contribution in [0.1, 0.15) is 32.4 Å². The number of halogens is 1. The molecule has 1 aromatic rings. The summed E-state index contributed by atoms with van der Waals surface area (Å²) >= 11 is 6.09. The number of Topliss-reactive ketones (excluding diaryl/α,β-unsaturated/α-hetero) is 3. The smallest absolute Gasteiger partial charge is 0.169 e. The van der Waals surface area contributed by atoms with Gasteiger partial charge in [-0.25, -0.2) is 0 Å². The Bertz CT molecular complexity index is 530. The van der Waals surface area contributed by atoms with Gasteiger partial charge in [-0.05, 0) is 17.5 Å². The topological polar surface area (TPSA) is 64.3 Å². The van der Waals surface area contributed by atoms with Crippen molar-refractivity contribution in [1.29, 1.82) is 0 Å². The molecule has 0 aromatic carbocycles. The van der Waals surface area contributed by atoms with Crippen LogP contribution in [0.15, 0.2) is 22.8 Å². The first kappa shape index (κ1) is 15.0. The van der Waals surface area contributed by atoms with Crippen molar-refractivity contribution in [2.45, 2.75) is 38.5 Å².